The molecular formula is C16H17NO3. The lowest BCUT2D eigenvalue weighted by atomic mass is 9.88. The summed E-state index contributed by atoms with van der Waals surface area (Å²) in [5.41, 5.74) is 1.60. The summed E-state index contributed by atoms with van der Waals surface area (Å²) in [7, 11) is 0. The van der Waals surface area contributed by atoms with Crippen LogP contribution in [0.25, 0.3) is 0 Å². The minimum atomic E-state index is -0.438. The molecule has 1 aromatic heterocycles. The number of aryl methyl sites for hydroxylation is 2. The van der Waals surface area contributed by atoms with Gasteiger partial charge in [0.15, 0.2) is 5.76 Å². The molecule has 0 unspecified atom stereocenters. The first-order chi connectivity index (χ1) is 9.61. The molecule has 0 saturated carbocycles. The third-order valence-electron chi connectivity index (χ3n) is 3.77. The highest BCUT2D eigenvalue weighted by Gasteiger charge is 2.42. The van der Waals surface area contributed by atoms with Gasteiger partial charge in [0, 0.05) is 0 Å². The number of rotatable bonds is 3. The monoisotopic (exact) mass is 271 g/mol. The van der Waals surface area contributed by atoms with Gasteiger partial charge in [-0.05, 0) is 31.0 Å². The van der Waals surface area contributed by atoms with Crippen molar-refractivity contribution in [1.82, 2.24) is 5.32 Å². The molecule has 4 heteroatoms. The summed E-state index contributed by atoms with van der Waals surface area (Å²) < 4.78 is 10.8. The van der Waals surface area contributed by atoms with Gasteiger partial charge in [0.05, 0.1) is 13.2 Å². The Morgan fingerprint density at radius 1 is 1.20 bits per heavy atom. The van der Waals surface area contributed by atoms with Crippen molar-refractivity contribution in [2.24, 2.45) is 0 Å². The van der Waals surface area contributed by atoms with Crippen molar-refractivity contribution >= 4 is 5.91 Å². The first-order valence-electron chi connectivity index (χ1n) is 6.63. The van der Waals surface area contributed by atoms with Crippen LogP contribution in [0.5, 0.6) is 0 Å². The first kappa shape index (κ1) is 12.9. The van der Waals surface area contributed by atoms with Crippen molar-refractivity contribution in [3.05, 3.63) is 59.0 Å². The fourth-order valence-corrected chi connectivity index (χ4v) is 2.34. The van der Waals surface area contributed by atoms with Crippen LogP contribution in [0.2, 0.25) is 0 Å². The maximum Gasteiger partial charge on any atom is 0.287 e. The average Bonchev–Trinajstić information content (AvgIpc) is 2.75. The van der Waals surface area contributed by atoms with Gasteiger partial charge in [-0.1, -0.05) is 30.3 Å². The minimum Gasteiger partial charge on any atom is -0.456 e. The fourth-order valence-electron chi connectivity index (χ4n) is 2.34. The molecule has 0 aliphatic carbocycles. The Kier molecular flexibility index (Phi) is 3.10. The highest BCUT2D eigenvalue weighted by atomic mass is 16.5. The van der Waals surface area contributed by atoms with Crippen LogP contribution in [0.1, 0.15) is 27.4 Å². The zero-order valence-electron chi connectivity index (χ0n) is 11.6. The van der Waals surface area contributed by atoms with Crippen molar-refractivity contribution < 1.29 is 13.9 Å². The van der Waals surface area contributed by atoms with Gasteiger partial charge in [-0.2, -0.15) is 0 Å². The molecule has 20 heavy (non-hydrogen) atoms. The van der Waals surface area contributed by atoms with Gasteiger partial charge in [0.25, 0.3) is 5.91 Å². The standard InChI is InChI=1S/C16H17NO3/c1-11-8-14(20-12(11)2)15(18)17-16(9-19-10-16)13-6-4-3-5-7-13/h3-8H,9-10H2,1-2H3,(H,17,18). The lowest BCUT2D eigenvalue weighted by Gasteiger charge is -2.42. The van der Waals surface area contributed by atoms with Crippen LogP contribution < -0.4 is 5.32 Å². The van der Waals surface area contributed by atoms with Crippen LogP contribution in [0.15, 0.2) is 40.8 Å². The summed E-state index contributed by atoms with van der Waals surface area (Å²) in [6.07, 6.45) is 0. The molecule has 0 spiro atoms. The largest absolute Gasteiger partial charge is 0.456 e. The molecule has 0 radical (unpaired) electrons. The molecule has 1 aromatic carbocycles. The van der Waals surface area contributed by atoms with E-state index in [-0.39, 0.29) is 5.91 Å². The van der Waals surface area contributed by atoms with Crippen LogP contribution in [-0.4, -0.2) is 19.1 Å². The van der Waals surface area contributed by atoms with Gasteiger partial charge in [-0.3, -0.25) is 4.79 Å². The van der Waals surface area contributed by atoms with Gasteiger partial charge >= 0.3 is 0 Å². The maximum atomic E-state index is 12.3. The Morgan fingerprint density at radius 2 is 1.90 bits per heavy atom. The number of furan rings is 1. The van der Waals surface area contributed by atoms with E-state index in [0.29, 0.717) is 19.0 Å². The number of benzene rings is 1. The zero-order chi connectivity index (χ0) is 14.2. The Morgan fingerprint density at radius 3 is 2.40 bits per heavy atom. The van der Waals surface area contributed by atoms with E-state index in [1.807, 2.05) is 44.2 Å². The molecule has 1 saturated heterocycles. The van der Waals surface area contributed by atoms with Gasteiger partial charge in [0.2, 0.25) is 0 Å². The van der Waals surface area contributed by atoms with Crippen molar-refractivity contribution in [3.8, 4) is 0 Å². The second-order valence-electron chi connectivity index (χ2n) is 5.24. The molecule has 1 aliphatic heterocycles. The fraction of sp³-hybridized carbons (Fsp3) is 0.312. The summed E-state index contributed by atoms with van der Waals surface area (Å²) in [5.74, 6) is 0.921. The topological polar surface area (TPSA) is 51.5 Å². The molecule has 3 rings (SSSR count). The molecule has 1 N–H and O–H groups in total. The van der Waals surface area contributed by atoms with E-state index in [0.717, 1.165) is 16.9 Å². The molecule has 2 heterocycles. The summed E-state index contributed by atoms with van der Waals surface area (Å²) in [5, 5.41) is 3.05. The molecule has 2 aromatic rings. The first-order valence-corrected chi connectivity index (χ1v) is 6.63. The Labute approximate surface area is 117 Å². The van der Waals surface area contributed by atoms with E-state index >= 15 is 0 Å². The van der Waals surface area contributed by atoms with E-state index in [2.05, 4.69) is 5.32 Å². The van der Waals surface area contributed by atoms with Crippen LogP contribution in [0, 0.1) is 13.8 Å². The minimum absolute atomic E-state index is 0.201. The average molecular weight is 271 g/mol. The Bertz CT molecular complexity index is 607. The smallest absolute Gasteiger partial charge is 0.287 e. The summed E-state index contributed by atoms with van der Waals surface area (Å²) in [6, 6.07) is 11.6. The number of carbonyl (C=O) groups is 1. The molecule has 0 atom stereocenters. The molecule has 0 bridgehead atoms. The Balaban J connectivity index is 1.83. The van der Waals surface area contributed by atoms with Crippen LogP contribution in [-0.2, 0) is 10.3 Å². The van der Waals surface area contributed by atoms with Crippen molar-refractivity contribution in [1.29, 1.82) is 0 Å². The second kappa shape index (κ2) is 4.80. The quantitative estimate of drug-likeness (QED) is 0.933. The van der Waals surface area contributed by atoms with E-state index in [4.69, 9.17) is 9.15 Å². The lowest BCUT2D eigenvalue weighted by molar-refractivity contribution is -0.0736. The predicted molar refractivity (Wildman–Crippen MR) is 74.6 cm³/mol. The van der Waals surface area contributed by atoms with Gasteiger partial charge < -0.3 is 14.5 Å². The van der Waals surface area contributed by atoms with Crippen LogP contribution >= 0.6 is 0 Å². The number of carbonyl (C=O) groups excluding carboxylic acids is 1. The summed E-state index contributed by atoms with van der Waals surface area (Å²) in [4.78, 5) is 12.3. The van der Waals surface area contributed by atoms with Crippen LogP contribution in [0.3, 0.4) is 0 Å². The van der Waals surface area contributed by atoms with Crippen molar-refractivity contribution in [2.45, 2.75) is 19.4 Å². The summed E-state index contributed by atoms with van der Waals surface area (Å²) >= 11 is 0. The number of ether oxygens (including phenoxy) is 1. The highest BCUT2D eigenvalue weighted by molar-refractivity contribution is 5.92. The van der Waals surface area contributed by atoms with Crippen molar-refractivity contribution in [2.75, 3.05) is 13.2 Å². The van der Waals surface area contributed by atoms with E-state index in [1.54, 1.807) is 6.07 Å². The number of hydrogen-bond acceptors (Lipinski definition) is 3. The van der Waals surface area contributed by atoms with E-state index in [9.17, 15) is 4.79 Å². The summed E-state index contributed by atoms with van der Waals surface area (Å²) in [6.45, 7) is 4.75. The number of nitrogens with one attached hydrogen (secondary N) is 1. The molecule has 1 amide bonds. The predicted octanol–water partition coefficient (Wildman–Crippen LogP) is 2.55. The van der Waals surface area contributed by atoms with Crippen molar-refractivity contribution in [3.63, 3.8) is 0 Å². The molecule has 4 nitrogen and oxygen atoms in total. The molecular weight excluding hydrogens is 254 g/mol. The zero-order valence-corrected chi connectivity index (χ0v) is 11.6. The maximum absolute atomic E-state index is 12.3. The van der Waals surface area contributed by atoms with E-state index < -0.39 is 5.54 Å². The van der Waals surface area contributed by atoms with Gasteiger partial charge in [0.1, 0.15) is 11.3 Å². The van der Waals surface area contributed by atoms with Gasteiger partial charge in [-0.15, -0.1) is 0 Å². The number of amides is 1. The lowest BCUT2D eigenvalue weighted by Crippen LogP contribution is -2.59. The Hall–Kier alpha value is -2.07. The third kappa shape index (κ3) is 2.12. The third-order valence-corrected chi connectivity index (χ3v) is 3.77. The normalized spacial score (nSPS) is 16.5. The highest BCUT2D eigenvalue weighted by Crippen LogP contribution is 2.30. The second-order valence-corrected chi connectivity index (χ2v) is 5.24. The molecule has 1 fully saturated rings. The van der Waals surface area contributed by atoms with Gasteiger partial charge in [-0.25, -0.2) is 0 Å². The van der Waals surface area contributed by atoms with Crippen LogP contribution in [0.4, 0.5) is 0 Å². The van der Waals surface area contributed by atoms with E-state index in [1.165, 1.54) is 0 Å². The molecule has 104 valence electrons. The SMILES string of the molecule is Cc1cc(C(=O)NC2(c3ccccc3)COC2)oc1C. The number of hydrogen-bond donors (Lipinski definition) is 1. The molecule has 1 aliphatic rings.